The van der Waals surface area contributed by atoms with Crippen molar-refractivity contribution in [2.24, 2.45) is 0 Å². The Balaban J connectivity index is 1.61. The standard InChI is InChI=1S/C21H20N2O3/c1-26-18-9-8-16-13-17(21(25)23-19(16)14-18)11-12-22-20(24)10-7-15-5-3-2-4-6-15/h2-10,13-14H,11-12H2,1H3,(H,22,24)(H,23,25)/b10-7-. The van der Waals surface area contributed by atoms with Crippen LogP contribution in [0, 0.1) is 0 Å². The maximum absolute atomic E-state index is 12.2. The Morgan fingerprint density at radius 1 is 1.15 bits per heavy atom. The second-order valence-corrected chi connectivity index (χ2v) is 5.86. The lowest BCUT2D eigenvalue weighted by Gasteiger charge is -2.06. The van der Waals surface area contributed by atoms with Gasteiger partial charge in [-0.05, 0) is 41.6 Å². The molecular formula is C21H20N2O3. The minimum Gasteiger partial charge on any atom is -0.497 e. The van der Waals surface area contributed by atoms with Crippen LogP contribution in [0.1, 0.15) is 11.1 Å². The minimum absolute atomic E-state index is 0.153. The van der Waals surface area contributed by atoms with Crippen molar-refractivity contribution in [1.82, 2.24) is 10.3 Å². The smallest absolute Gasteiger partial charge is 0.251 e. The average molecular weight is 348 g/mol. The number of carbonyl (C=O) groups is 1. The monoisotopic (exact) mass is 348 g/mol. The summed E-state index contributed by atoms with van der Waals surface area (Å²) in [4.78, 5) is 26.9. The highest BCUT2D eigenvalue weighted by atomic mass is 16.5. The van der Waals surface area contributed by atoms with E-state index in [0.29, 0.717) is 24.3 Å². The lowest BCUT2D eigenvalue weighted by Crippen LogP contribution is -2.25. The predicted molar refractivity (Wildman–Crippen MR) is 103 cm³/mol. The number of benzene rings is 2. The molecule has 0 aliphatic rings. The normalized spacial score (nSPS) is 11.0. The molecule has 2 aromatic carbocycles. The van der Waals surface area contributed by atoms with Gasteiger partial charge in [0.15, 0.2) is 0 Å². The van der Waals surface area contributed by atoms with Crippen LogP contribution in [-0.4, -0.2) is 24.5 Å². The van der Waals surface area contributed by atoms with Gasteiger partial charge < -0.3 is 15.0 Å². The van der Waals surface area contributed by atoms with Gasteiger partial charge in [0.05, 0.1) is 12.6 Å². The summed E-state index contributed by atoms with van der Waals surface area (Å²) in [6.07, 6.45) is 3.71. The lowest BCUT2D eigenvalue weighted by molar-refractivity contribution is -0.116. The first-order chi connectivity index (χ1) is 12.7. The van der Waals surface area contributed by atoms with Crippen LogP contribution in [0.3, 0.4) is 0 Å². The highest BCUT2D eigenvalue weighted by Crippen LogP contribution is 2.18. The number of aromatic nitrogens is 1. The van der Waals surface area contributed by atoms with Gasteiger partial charge in [-0.1, -0.05) is 30.3 Å². The average Bonchev–Trinajstić information content (AvgIpc) is 2.67. The molecule has 1 aromatic heterocycles. The van der Waals surface area contributed by atoms with E-state index in [9.17, 15) is 9.59 Å². The Hall–Kier alpha value is -3.34. The Bertz CT molecular complexity index is 991. The third kappa shape index (κ3) is 4.39. The molecule has 26 heavy (non-hydrogen) atoms. The Kier molecular flexibility index (Phi) is 5.49. The second-order valence-electron chi connectivity index (χ2n) is 5.86. The molecule has 1 heterocycles. The third-order valence-corrected chi connectivity index (χ3v) is 4.05. The largest absolute Gasteiger partial charge is 0.497 e. The predicted octanol–water partition coefficient (Wildman–Crippen LogP) is 2.91. The van der Waals surface area contributed by atoms with Crippen LogP contribution in [0.2, 0.25) is 0 Å². The number of aromatic amines is 1. The van der Waals surface area contributed by atoms with Crippen LogP contribution in [0.15, 0.2) is 65.5 Å². The molecule has 3 rings (SSSR count). The van der Waals surface area contributed by atoms with Gasteiger partial charge in [-0.25, -0.2) is 0 Å². The van der Waals surface area contributed by atoms with Crippen molar-refractivity contribution in [2.45, 2.75) is 6.42 Å². The molecule has 0 aliphatic heterocycles. The number of hydrogen-bond acceptors (Lipinski definition) is 3. The maximum Gasteiger partial charge on any atom is 0.251 e. The summed E-state index contributed by atoms with van der Waals surface area (Å²) in [5, 5.41) is 3.72. The van der Waals surface area contributed by atoms with Gasteiger partial charge in [-0.15, -0.1) is 0 Å². The molecule has 5 nitrogen and oxygen atoms in total. The number of amides is 1. The van der Waals surface area contributed by atoms with Crippen LogP contribution in [0.25, 0.3) is 17.0 Å². The van der Waals surface area contributed by atoms with E-state index in [1.807, 2.05) is 48.5 Å². The van der Waals surface area contributed by atoms with Crippen molar-refractivity contribution < 1.29 is 9.53 Å². The molecule has 132 valence electrons. The van der Waals surface area contributed by atoms with Gasteiger partial charge in [-0.2, -0.15) is 0 Å². The maximum atomic E-state index is 12.2. The number of methoxy groups -OCH3 is 1. The number of carbonyl (C=O) groups excluding carboxylic acids is 1. The zero-order chi connectivity index (χ0) is 18.4. The summed E-state index contributed by atoms with van der Waals surface area (Å²) in [6.45, 7) is 0.392. The van der Waals surface area contributed by atoms with Crippen LogP contribution in [0.4, 0.5) is 0 Å². The molecule has 0 atom stereocenters. The van der Waals surface area contributed by atoms with Gasteiger partial charge in [0.25, 0.3) is 5.56 Å². The molecule has 3 aromatic rings. The van der Waals surface area contributed by atoms with Gasteiger partial charge in [0.2, 0.25) is 5.91 Å². The minimum atomic E-state index is -0.184. The molecule has 0 saturated carbocycles. The van der Waals surface area contributed by atoms with Crippen molar-refractivity contribution in [1.29, 1.82) is 0 Å². The molecular weight excluding hydrogens is 328 g/mol. The molecule has 0 fully saturated rings. The highest BCUT2D eigenvalue weighted by molar-refractivity contribution is 5.91. The summed E-state index contributed by atoms with van der Waals surface area (Å²) in [6, 6.07) is 17.0. The van der Waals surface area contributed by atoms with E-state index in [2.05, 4.69) is 10.3 Å². The summed E-state index contributed by atoms with van der Waals surface area (Å²) < 4.78 is 5.16. The first-order valence-corrected chi connectivity index (χ1v) is 8.36. The van der Waals surface area contributed by atoms with Crippen molar-refractivity contribution in [3.63, 3.8) is 0 Å². The first-order valence-electron chi connectivity index (χ1n) is 8.36. The van der Waals surface area contributed by atoms with Crippen LogP contribution in [0.5, 0.6) is 5.75 Å². The molecule has 2 N–H and O–H groups in total. The second kappa shape index (κ2) is 8.16. The fraction of sp³-hybridized carbons (Fsp3) is 0.143. The summed E-state index contributed by atoms with van der Waals surface area (Å²) in [5.74, 6) is 0.508. The van der Waals surface area contributed by atoms with Crippen molar-refractivity contribution in [3.05, 3.63) is 82.2 Å². The molecule has 0 unspecified atom stereocenters. The van der Waals surface area contributed by atoms with E-state index in [4.69, 9.17) is 4.74 Å². The highest BCUT2D eigenvalue weighted by Gasteiger charge is 2.05. The van der Waals surface area contributed by atoms with Gasteiger partial charge >= 0.3 is 0 Å². The van der Waals surface area contributed by atoms with E-state index in [-0.39, 0.29) is 11.5 Å². The Labute approximate surface area is 151 Å². The molecule has 0 radical (unpaired) electrons. The molecule has 0 spiro atoms. The van der Waals surface area contributed by atoms with Gasteiger partial charge in [0, 0.05) is 24.3 Å². The topological polar surface area (TPSA) is 71.2 Å². The number of ether oxygens (including phenoxy) is 1. The quantitative estimate of drug-likeness (QED) is 0.673. The van der Waals surface area contributed by atoms with Crippen LogP contribution >= 0.6 is 0 Å². The van der Waals surface area contributed by atoms with Crippen LogP contribution in [-0.2, 0) is 11.2 Å². The molecule has 1 amide bonds. The number of nitrogens with one attached hydrogen (secondary N) is 2. The van der Waals surface area contributed by atoms with E-state index in [1.165, 1.54) is 6.08 Å². The Morgan fingerprint density at radius 3 is 2.73 bits per heavy atom. The van der Waals surface area contributed by atoms with Crippen molar-refractivity contribution >= 4 is 22.9 Å². The van der Waals surface area contributed by atoms with E-state index in [0.717, 1.165) is 16.5 Å². The molecule has 0 aliphatic carbocycles. The number of rotatable bonds is 6. The van der Waals surface area contributed by atoms with Crippen molar-refractivity contribution in [2.75, 3.05) is 13.7 Å². The SMILES string of the molecule is COc1ccc2cc(CCNC(=O)/C=C\c3ccccc3)c(=O)[nH]c2c1. The molecule has 0 saturated heterocycles. The van der Waals surface area contributed by atoms with Gasteiger partial charge in [-0.3, -0.25) is 9.59 Å². The van der Waals surface area contributed by atoms with Gasteiger partial charge in [0.1, 0.15) is 5.75 Å². The summed E-state index contributed by atoms with van der Waals surface area (Å²) >= 11 is 0. The van der Waals surface area contributed by atoms with E-state index < -0.39 is 0 Å². The van der Waals surface area contributed by atoms with Crippen molar-refractivity contribution in [3.8, 4) is 5.75 Å². The third-order valence-electron chi connectivity index (χ3n) is 4.05. The van der Waals surface area contributed by atoms with E-state index in [1.54, 1.807) is 19.3 Å². The van der Waals surface area contributed by atoms with Crippen LogP contribution < -0.4 is 15.6 Å². The fourth-order valence-corrected chi connectivity index (χ4v) is 2.65. The van der Waals surface area contributed by atoms with E-state index >= 15 is 0 Å². The number of pyridine rings is 1. The summed E-state index contributed by atoms with van der Waals surface area (Å²) in [5.41, 5.74) is 2.17. The number of fused-ring (bicyclic) bond motifs is 1. The fourth-order valence-electron chi connectivity index (χ4n) is 2.65. The lowest BCUT2D eigenvalue weighted by atomic mass is 10.1. The zero-order valence-electron chi connectivity index (χ0n) is 14.5. The molecule has 5 heteroatoms. The number of hydrogen-bond donors (Lipinski definition) is 2. The summed E-state index contributed by atoms with van der Waals surface area (Å²) in [7, 11) is 1.59. The Morgan fingerprint density at radius 2 is 1.96 bits per heavy atom. The zero-order valence-corrected chi connectivity index (χ0v) is 14.5. The molecule has 0 bridgehead atoms. The number of H-pyrrole nitrogens is 1. The first kappa shape index (κ1) is 17.5.